The summed E-state index contributed by atoms with van der Waals surface area (Å²) in [5.41, 5.74) is 5.61. The predicted molar refractivity (Wildman–Crippen MR) is 160 cm³/mol. The number of nitrogens with zero attached hydrogens (tertiary/aromatic N) is 7. The van der Waals surface area contributed by atoms with Gasteiger partial charge in [-0.25, -0.2) is 4.98 Å². The average molecular weight is 543 g/mol. The zero-order chi connectivity index (χ0) is 27.6. The van der Waals surface area contributed by atoms with Gasteiger partial charge in [0, 0.05) is 69.5 Å². The Labute approximate surface area is 237 Å². The third-order valence-electron chi connectivity index (χ3n) is 8.43. The molecule has 0 amide bonds. The number of aryl methyl sites for hydroxylation is 2. The number of rotatable bonds is 8. The van der Waals surface area contributed by atoms with Crippen LogP contribution >= 0.6 is 0 Å². The molecular formula is C31H42N8O. The number of anilines is 1. The van der Waals surface area contributed by atoms with Crippen molar-refractivity contribution in [3.05, 3.63) is 54.0 Å². The Kier molecular flexibility index (Phi) is 7.76. The third-order valence-corrected chi connectivity index (χ3v) is 8.43. The van der Waals surface area contributed by atoms with Gasteiger partial charge in [-0.1, -0.05) is 24.3 Å². The first-order valence-corrected chi connectivity index (χ1v) is 14.8. The molecule has 1 aliphatic carbocycles. The Morgan fingerprint density at radius 1 is 0.975 bits per heavy atom. The van der Waals surface area contributed by atoms with Gasteiger partial charge in [0.25, 0.3) is 0 Å². The third kappa shape index (κ3) is 5.71. The maximum atomic E-state index is 6.34. The highest BCUT2D eigenvalue weighted by Crippen LogP contribution is 2.37. The molecule has 212 valence electrons. The van der Waals surface area contributed by atoms with E-state index in [0.29, 0.717) is 6.04 Å². The Hall–Kier alpha value is -3.43. The van der Waals surface area contributed by atoms with Gasteiger partial charge in [0.15, 0.2) is 5.75 Å². The van der Waals surface area contributed by atoms with E-state index in [1.807, 2.05) is 31.0 Å². The van der Waals surface area contributed by atoms with Crippen molar-refractivity contribution in [1.29, 1.82) is 0 Å². The fraction of sp³-hybridized carbons (Fsp3) is 0.516. The maximum absolute atomic E-state index is 6.34. The van der Waals surface area contributed by atoms with Gasteiger partial charge in [-0.15, -0.1) is 0 Å². The number of fused-ring (bicyclic) bond motifs is 1. The number of benzene rings is 1. The number of nitrogens with one attached hydrogen (secondary N) is 1. The number of aromatic nitrogens is 5. The van der Waals surface area contributed by atoms with Crippen LogP contribution in [0.25, 0.3) is 22.2 Å². The molecule has 1 N–H and O–H groups in total. The topological polar surface area (TPSA) is 76.3 Å². The molecule has 40 heavy (non-hydrogen) atoms. The van der Waals surface area contributed by atoms with Crippen LogP contribution in [0, 0.1) is 6.92 Å². The smallest absolute Gasteiger partial charge is 0.160 e. The van der Waals surface area contributed by atoms with Crippen LogP contribution in [0.5, 0.6) is 5.75 Å². The van der Waals surface area contributed by atoms with Gasteiger partial charge in [0.2, 0.25) is 0 Å². The van der Waals surface area contributed by atoms with Gasteiger partial charge in [-0.3, -0.25) is 14.3 Å². The molecule has 9 nitrogen and oxygen atoms in total. The van der Waals surface area contributed by atoms with Crippen molar-refractivity contribution in [2.24, 2.45) is 7.05 Å². The van der Waals surface area contributed by atoms with Gasteiger partial charge in [0.05, 0.1) is 23.9 Å². The largest absolute Gasteiger partial charge is 0.487 e. The van der Waals surface area contributed by atoms with Crippen LogP contribution in [0.4, 0.5) is 5.82 Å². The van der Waals surface area contributed by atoms with Crippen LogP contribution in [0.3, 0.4) is 0 Å². The lowest BCUT2D eigenvalue weighted by Gasteiger charge is -2.32. The van der Waals surface area contributed by atoms with E-state index in [1.54, 1.807) is 0 Å². The van der Waals surface area contributed by atoms with Gasteiger partial charge < -0.3 is 15.0 Å². The van der Waals surface area contributed by atoms with E-state index < -0.39 is 0 Å². The second-order valence-corrected chi connectivity index (χ2v) is 11.5. The first-order valence-electron chi connectivity index (χ1n) is 14.8. The maximum Gasteiger partial charge on any atom is 0.160 e. The SMILES string of the molecule is CCNc1cc2c(cn1)c(-c1ccc(CN3CCN(C)CC3)cc1)nn2[C@H]1CC[C@@H](Oc2cn(C)nc2C)CC1. The summed E-state index contributed by atoms with van der Waals surface area (Å²) in [6.07, 6.45) is 8.24. The van der Waals surface area contributed by atoms with E-state index in [1.165, 1.54) is 5.56 Å². The standard InChI is InChI=1S/C31H42N8O/c1-5-32-30-18-28-27(19-33-30)31(24-8-6-23(7-9-24)20-38-16-14-36(3)15-17-38)35-39(28)25-10-12-26(13-11-25)40-29-21-37(4)34-22(29)2/h6-9,18-19,21,25-26H,5,10-17,20H2,1-4H3,(H,32,33)/t25-,26+. The second-order valence-electron chi connectivity index (χ2n) is 11.5. The number of ether oxygens (including phenoxy) is 1. The Bertz CT molecular complexity index is 1430. The van der Waals surface area contributed by atoms with E-state index in [4.69, 9.17) is 14.8 Å². The molecule has 4 aromatic rings. The van der Waals surface area contributed by atoms with Crippen molar-refractivity contribution in [3.8, 4) is 17.0 Å². The number of pyridine rings is 1. The molecule has 1 aliphatic heterocycles. The Morgan fingerprint density at radius 3 is 2.40 bits per heavy atom. The van der Waals surface area contributed by atoms with Crippen molar-refractivity contribution < 1.29 is 4.74 Å². The summed E-state index contributed by atoms with van der Waals surface area (Å²) in [4.78, 5) is 9.65. The number of hydrogen-bond acceptors (Lipinski definition) is 7. The Morgan fingerprint density at radius 2 is 1.73 bits per heavy atom. The van der Waals surface area contributed by atoms with E-state index in [-0.39, 0.29) is 6.10 Å². The lowest BCUT2D eigenvalue weighted by molar-refractivity contribution is 0.130. The summed E-state index contributed by atoms with van der Waals surface area (Å²) >= 11 is 0. The fourth-order valence-electron chi connectivity index (χ4n) is 6.11. The molecule has 4 heterocycles. The molecule has 1 saturated carbocycles. The molecule has 9 heteroatoms. The van der Waals surface area contributed by atoms with Crippen LogP contribution in [-0.4, -0.2) is 80.2 Å². The molecular weight excluding hydrogens is 500 g/mol. The van der Waals surface area contributed by atoms with Crippen molar-refractivity contribution in [1.82, 2.24) is 34.3 Å². The minimum Gasteiger partial charge on any atom is -0.487 e. The Balaban J connectivity index is 1.22. The predicted octanol–water partition coefficient (Wildman–Crippen LogP) is 4.88. The van der Waals surface area contributed by atoms with E-state index in [0.717, 1.165) is 104 Å². The zero-order valence-electron chi connectivity index (χ0n) is 24.3. The van der Waals surface area contributed by atoms with E-state index >= 15 is 0 Å². The molecule has 1 aromatic carbocycles. The van der Waals surface area contributed by atoms with Crippen molar-refractivity contribution in [2.75, 3.05) is 45.1 Å². The zero-order valence-corrected chi connectivity index (χ0v) is 24.3. The minimum absolute atomic E-state index is 0.215. The molecule has 0 spiro atoms. The lowest BCUT2D eigenvalue weighted by atomic mass is 9.93. The van der Waals surface area contributed by atoms with Crippen LogP contribution in [0.2, 0.25) is 0 Å². The first kappa shape index (κ1) is 26.8. The van der Waals surface area contributed by atoms with Crippen molar-refractivity contribution >= 4 is 16.7 Å². The molecule has 2 fully saturated rings. The molecule has 0 bridgehead atoms. The van der Waals surface area contributed by atoms with E-state index in [2.05, 4.69) is 69.2 Å². The molecule has 2 aliphatic rings. The van der Waals surface area contributed by atoms with Gasteiger partial charge >= 0.3 is 0 Å². The normalized spacial score (nSPS) is 20.7. The number of piperazine rings is 1. The summed E-state index contributed by atoms with van der Waals surface area (Å²) in [5, 5.41) is 14.2. The van der Waals surface area contributed by atoms with Crippen LogP contribution in [-0.2, 0) is 13.6 Å². The molecule has 0 atom stereocenters. The molecule has 0 unspecified atom stereocenters. The van der Waals surface area contributed by atoms with Gasteiger partial charge in [0.1, 0.15) is 17.2 Å². The molecule has 0 radical (unpaired) electrons. The highest BCUT2D eigenvalue weighted by atomic mass is 16.5. The summed E-state index contributed by atoms with van der Waals surface area (Å²) in [6.45, 7) is 10.5. The first-order chi connectivity index (χ1) is 19.5. The second kappa shape index (κ2) is 11.6. The number of hydrogen-bond donors (Lipinski definition) is 1. The number of likely N-dealkylation sites (N-methyl/N-ethyl adjacent to an activating group) is 1. The van der Waals surface area contributed by atoms with Crippen LogP contribution in [0.15, 0.2) is 42.7 Å². The molecule has 6 rings (SSSR count). The summed E-state index contributed by atoms with van der Waals surface area (Å²) < 4.78 is 10.4. The quantitative estimate of drug-likeness (QED) is 0.340. The highest BCUT2D eigenvalue weighted by molar-refractivity contribution is 5.94. The summed E-state index contributed by atoms with van der Waals surface area (Å²) in [5.74, 6) is 1.80. The molecule has 1 saturated heterocycles. The van der Waals surface area contributed by atoms with Crippen molar-refractivity contribution in [3.63, 3.8) is 0 Å². The average Bonchev–Trinajstić information content (AvgIpc) is 3.49. The lowest BCUT2D eigenvalue weighted by Crippen LogP contribution is -2.43. The van der Waals surface area contributed by atoms with Gasteiger partial charge in [-0.2, -0.15) is 10.2 Å². The minimum atomic E-state index is 0.215. The highest BCUT2D eigenvalue weighted by Gasteiger charge is 2.27. The van der Waals surface area contributed by atoms with E-state index in [9.17, 15) is 0 Å². The van der Waals surface area contributed by atoms with Crippen LogP contribution in [0.1, 0.15) is 49.9 Å². The fourth-order valence-corrected chi connectivity index (χ4v) is 6.11. The van der Waals surface area contributed by atoms with Crippen LogP contribution < -0.4 is 10.1 Å². The summed E-state index contributed by atoms with van der Waals surface area (Å²) in [6, 6.07) is 11.5. The van der Waals surface area contributed by atoms with Crippen molar-refractivity contribution in [2.45, 2.75) is 58.2 Å². The summed E-state index contributed by atoms with van der Waals surface area (Å²) in [7, 11) is 4.14. The van der Waals surface area contributed by atoms with Gasteiger partial charge in [-0.05, 0) is 52.1 Å². The molecule has 3 aromatic heterocycles. The monoisotopic (exact) mass is 542 g/mol.